The summed E-state index contributed by atoms with van der Waals surface area (Å²) in [5, 5.41) is 3.06. The van der Waals surface area contributed by atoms with Gasteiger partial charge in [-0.2, -0.15) is 0 Å². The molecule has 0 aliphatic carbocycles. The van der Waals surface area contributed by atoms with Gasteiger partial charge >= 0.3 is 0 Å². The van der Waals surface area contributed by atoms with E-state index >= 15 is 0 Å². The minimum atomic E-state index is -0.100. The summed E-state index contributed by atoms with van der Waals surface area (Å²) in [5.41, 5.74) is 9.45. The Balaban J connectivity index is 2.76. The molecule has 1 atom stereocenters. The third kappa shape index (κ3) is 5.88. The molecule has 1 unspecified atom stereocenters. The summed E-state index contributed by atoms with van der Waals surface area (Å²) in [5.74, 6) is 0.381. The number of hydrogen-bond donors (Lipinski definition) is 2. The fraction of sp³-hybridized carbons (Fsp3) is 0.611. The molecule has 0 heterocycles. The largest absolute Gasteiger partial charge is 0.327 e. The second kappa shape index (κ2) is 7.08. The Morgan fingerprint density at radius 2 is 1.90 bits per heavy atom. The highest BCUT2D eigenvalue weighted by atomic mass is 16.1. The van der Waals surface area contributed by atoms with Crippen molar-refractivity contribution in [2.75, 3.05) is 5.32 Å². The summed E-state index contributed by atoms with van der Waals surface area (Å²) in [6, 6.07) is 6.03. The van der Waals surface area contributed by atoms with E-state index in [2.05, 4.69) is 46.0 Å². The quantitative estimate of drug-likeness (QED) is 0.853. The van der Waals surface area contributed by atoms with Crippen LogP contribution < -0.4 is 11.1 Å². The second-order valence-electron chi connectivity index (χ2n) is 7.47. The van der Waals surface area contributed by atoms with Crippen LogP contribution in [-0.4, -0.2) is 11.9 Å². The smallest absolute Gasteiger partial charge is 0.225 e. The van der Waals surface area contributed by atoms with Gasteiger partial charge in [0.25, 0.3) is 0 Å². The van der Waals surface area contributed by atoms with Crippen LogP contribution in [0.2, 0.25) is 0 Å². The summed E-state index contributed by atoms with van der Waals surface area (Å²) in [7, 11) is 0. The number of carbonyl (C=O) groups excluding carboxylic acids is 1. The lowest BCUT2D eigenvalue weighted by Crippen LogP contribution is -2.31. The number of amides is 1. The van der Waals surface area contributed by atoms with Crippen molar-refractivity contribution >= 4 is 11.6 Å². The standard InChI is InChI=1S/C18H30N2O/c1-12(2)15-9-7-8-13(3)17(15)20-16(21)10-14(19)11-18(4,5)6/h7-9,12,14H,10-11,19H2,1-6H3,(H,20,21). The van der Waals surface area contributed by atoms with Gasteiger partial charge in [-0.05, 0) is 35.8 Å². The zero-order chi connectivity index (χ0) is 16.2. The van der Waals surface area contributed by atoms with E-state index in [4.69, 9.17) is 5.73 Å². The first-order valence-corrected chi connectivity index (χ1v) is 7.75. The average Bonchev–Trinajstić information content (AvgIpc) is 2.28. The van der Waals surface area contributed by atoms with Crippen molar-refractivity contribution in [2.45, 2.75) is 66.3 Å². The van der Waals surface area contributed by atoms with Crippen LogP contribution in [0.1, 0.15) is 64.5 Å². The summed E-state index contributed by atoms with van der Waals surface area (Å²) in [6.07, 6.45) is 1.20. The maximum absolute atomic E-state index is 12.2. The molecular weight excluding hydrogens is 260 g/mol. The monoisotopic (exact) mass is 290 g/mol. The molecule has 0 fully saturated rings. The molecule has 3 heteroatoms. The molecule has 0 spiro atoms. The van der Waals surface area contributed by atoms with E-state index in [1.165, 1.54) is 5.56 Å². The van der Waals surface area contributed by atoms with E-state index in [0.717, 1.165) is 17.7 Å². The molecule has 0 aliphatic heterocycles. The Morgan fingerprint density at radius 3 is 2.43 bits per heavy atom. The average molecular weight is 290 g/mol. The van der Waals surface area contributed by atoms with Crippen LogP contribution in [0, 0.1) is 12.3 Å². The molecule has 0 bridgehead atoms. The van der Waals surface area contributed by atoms with Crippen molar-refractivity contribution in [2.24, 2.45) is 11.1 Å². The molecule has 0 saturated heterocycles. The number of nitrogens with one attached hydrogen (secondary N) is 1. The summed E-state index contributed by atoms with van der Waals surface area (Å²) in [4.78, 5) is 12.2. The first kappa shape index (κ1) is 17.7. The first-order chi connectivity index (χ1) is 9.60. The number of rotatable bonds is 5. The maximum Gasteiger partial charge on any atom is 0.225 e. The Hall–Kier alpha value is -1.35. The molecule has 1 aromatic carbocycles. The van der Waals surface area contributed by atoms with Gasteiger partial charge in [0.15, 0.2) is 0 Å². The van der Waals surface area contributed by atoms with Gasteiger partial charge in [0.1, 0.15) is 0 Å². The van der Waals surface area contributed by atoms with Gasteiger partial charge in [0.05, 0.1) is 0 Å². The third-order valence-electron chi connectivity index (χ3n) is 3.51. The fourth-order valence-electron chi connectivity index (χ4n) is 2.63. The van der Waals surface area contributed by atoms with Gasteiger partial charge in [0.2, 0.25) is 5.91 Å². The van der Waals surface area contributed by atoms with E-state index in [1.807, 2.05) is 19.1 Å². The molecule has 21 heavy (non-hydrogen) atoms. The van der Waals surface area contributed by atoms with Crippen molar-refractivity contribution in [1.82, 2.24) is 0 Å². The Labute approximate surface area is 129 Å². The van der Waals surface area contributed by atoms with E-state index in [1.54, 1.807) is 0 Å². The second-order valence-corrected chi connectivity index (χ2v) is 7.47. The van der Waals surface area contributed by atoms with E-state index in [-0.39, 0.29) is 17.4 Å². The molecule has 0 aliphatic rings. The van der Waals surface area contributed by atoms with Crippen LogP contribution >= 0.6 is 0 Å². The van der Waals surface area contributed by atoms with E-state index < -0.39 is 0 Å². The lowest BCUT2D eigenvalue weighted by molar-refractivity contribution is -0.116. The normalized spacial score (nSPS) is 13.3. The Kier molecular flexibility index (Phi) is 5.97. The lowest BCUT2D eigenvalue weighted by atomic mass is 9.87. The number of hydrogen-bond acceptors (Lipinski definition) is 2. The molecule has 0 saturated carbocycles. The lowest BCUT2D eigenvalue weighted by Gasteiger charge is -2.23. The zero-order valence-electron chi connectivity index (χ0n) is 14.3. The van der Waals surface area contributed by atoms with Crippen molar-refractivity contribution in [3.05, 3.63) is 29.3 Å². The van der Waals surface area contributed by atoms with Crippen molar-refractivity contribution in [3.8, 4) is 0 Å². The molecular formula is C18H30N2O. The van der Waals surface area contributed by atoms with Crippen LogP contribution in [0.4, 0.5) is 5.69 Å². The maximum atomic E-state index is 12.2. The molecule has 3 nitrogen and oxygen atoms in total. The molecule has 118 valence electrons. The van der Waals surface area contributed by atoms with Crippen LogP contribution in [0.25, 0.3) is 0 Å². The molecule has 3 N–H and O–H groups in total. The van der Waals surface area contributed by atoms with Gasteiger partial charge in [-0.25, -0.2) is 0 Å². The molecule has 1 amide bonds. The zero-order valence-corrected chi connectivity index (χ0v) is 14.3. The van der Waals surface area contributed by atoms with Crippen LogP contribution in [0.3, 0.4) is 0 Å². The number of para-hydroxylation sites is 1. The molecule has 0 aromatic heterocycles. The SMILES string of the molecule is Cc1cccc(C(C)C)c1NC(=O)CC(N)CC(C)(C)C. The van der Waals surface area contributed by atoms with Gasteiger partial charge in [-0.1, -0.05) is 52.8 Å². The Morgan fingerprint density at radius 1 is 1.29 bits per heavy atom. The summed E-state index contributed by atoms with van der Waals surface area (Å²) >= 11 is 0. The highest BCUT2D eigenvalue weighted by molar-refractivity contribution is 5.92. The van der Waals surface area contributed by atoms with Crippen molar-refractivity contribution < 1.29 is 4.79 Å². The van der Waals surface area contributed by atoms with E-state index in [0.29, 0.717) is 12.3 Å². The highest BCUT2D eigenvalue weighted by Crippen LogP contribution is 2.28. The van der Waals surface area contributed by atoms with Crippen LogP contribution in [0.5, 0.6) is 0 Å². The first-order valence-electron chi connectivity index (χ1n) is 7.75. The highest BCUT2D eigenvalue weighted by Gasteiger charge is 2.19. The van der Waals surface area contributed by atoms with Crippen LogP contribution in [-0.2, 0) is 4.79 Å². The predicted octanol–water partition coefficient (Wildman–Crippen LogP) is 4.21. The third-order valence-corrected chi connectivity index (χ3v) is 3.51. The van der Waals surface area contributed by atoms with Crippen molar-refractivity contribution in [3.63, 3.8) is 0 Å². The minimum Gasteiger partial charge on any atom is -0.327 e. The van der Waals surface area contributed by atoms with E-state index in [9.17, 15) is 4.79 Å². The van der Waals surface area contributed by atoms with Gasteiger partial charge in [-0.3, -0.25) is 4.79 Å². The number of aryl methyl sites for hydroxylation is 1. The van der Waals surface area contributed by atoms with Gasteiger partial charge in [-0.15, -0.1) is 0 Å². The number of anilines is 1. The topological polar surface area (TPSA) is 55.1 Å². The number of carbonyl (C=O) groups is 1. The predicted molar refractivity (Wildman–Crippen MR) is 90.6 cm³/mol. The molecule has 1 aromatic rings. The summed E-state index contributed by atoms with van der Waals surface area (Å²) in [6.45, 7) is 12.7. The number of nitrogens with two attached hydrogens (primary N) is 1. The van der Waals surface area contributed by atoms with Gasteiger partial charge in [0, 0.05) is 18.2 Å². The minimum absolute atomic E-state index is 0.00273. The molecule has 0 radical (unpaired) electrons. The van der Waals surface area contributed by atoms with Crippen molar-refractivity contribution in [1.29, 1.82) is 0 Å². The van der Waals surface area contributed by atoms with Crippen LogP contribution in [0.15, 0.2) is 18.2 Å². The molecule has 1 rings (SSSR count). The number of benzene rings is 1. The van der Waals surface area contributed by atoms with Gasteiger partial charge < -0.3 is 11.1 Å². The Bertz CT molecular complexity index is 486. The fourth-order valence-corrected chi connectivity index (χ4v) is 2.63. The summed E-state index contributed by atoms with van der Waals surface area (Å²) < 4.78 is 0.